The van der Waals surface area contributed by atoms with Crippen LogP contribution < -0.4 is 0 Å². The van der Waals surface area contributed by atoms with Crippen LogP contribution in [0.5, 0.6) is 0 Å². The predicted octanol–water partition coefficient (Wildman–Crippen LogP) is 21.3. The Morgan fingerprint density at radius 1 is 0.289 bits per heavy atom. The van der Waals surface area contributed by atoms with Crippen LogP contribution in [0.3, 0.4) is 0 Å². The molecule has 5 unspecified atom stereocenters. The Balaban J connectivity index is 4.59. The van der Waals surface area contributed by atoms with E-state index in [0.717, 1.165) is 173 Å². The molecule has 0 rings (SSSR count). The summed E-state index contributed by atoms with van der Waals surface area (Å²) in [4.78, 5) is 58.5. The molecule has 0 aromatic carbocycles. The van der Waals surface area contributed by atoms with Gasteiger partial charge in [-0.3, -0.25) is 32.5 Å². The minimum Gasteiger partial charge on any atom is -0.463 e. The van der Waals surface area contributed by atoms with E-state index in [1.54, 1.807) is 0 Å². The summed E-state index contributed by atoms with van der Waals surface area (Å²) in [5.74, 6) is -1.62. The topological polar surface area (TPSA) is 231 Å². The van der Waals surface area contributed by atoms with Gasteiger partial charge in [-0.05, 0) is 135 Å². The largest absolute Gasteiger partial charge is 0.472 e. The molecule has 0 heterocycles. The summed E-state index contributed by atoms with van der Waals surface area (Å²) in [5.41, 5.74) is 0. The second kappa shape index (κ2) is 71.3. The molecule has 0 aliphatic rings. The minimum absolute atomic E-state index is 0.0836. The van der Waals surface area contributed by atoms with E-state index < -0.39 is 91.5 Å². The number of phosphoric ester groups is 2. The van der Waals surface area contributed by atoms with Crippen molar-refractivity contribution in [3.63, 3.8) is 0 Å². The van der Waals surface area contributed by atoms with Gasteiger partial charge in [-0.25, -0.2) is 9.13 Å². The number of hydrogen-bond acceptors (Lipinski definition) is 14. The van der Waals surface area contributed by atoms with Crippen LogP contribution in [0.4, 0.5) is 0 Å². The Hall–Kier alpha value is -4.57. The summed E-state index contributed by atoms with van der Waals surface area (Å²) in [5, 5.41) is 20.6. The molecule has 0 spiro atoms. The van der Waals surface area contributed by atoms with Gasteiger partial charge in [0.1, 0.15) is 25.4 Å². The highest BCUT2D eigenvalue weighted by Crippen LogP contribution is 2.45. The van der Waals surface area contributed by atoms with Crippen molar-refractivity contribution in [3.05, 3.63) is 146 Å². The van der Waals surface area contributed by atoms with Crippen LogP contribution in [-0.4, -0.2) is 95.9 Å². The maximum absolute atomic E-state index is 13.0. The van der Waals surface area contributed by atoms with Crippen LogP contribution >= 0.6 is 15.6 Å². The molecule has 0 aromatic rings. The van der Waals surface area contributed by atoms with Crippen LogP contribution in [0.15, 0.2) is 146 Å². The normalized spacial score (nSPS) is 14.9. The van der Waals surface area contributed by atoms with Crippen LogP contribution in [-0.2, 0) is 55.8 Å². The molecule has 0 amide bonds. The van der Waals surface area contributed by atoms with E-state index in [0.29, 0.717) is 19.3 Å². The molecule has 4 N–H and O–H groups in total. The van der Waals surface area contributed by atoms with Gasteiger partial charge in [0.05, 0.1) is 26.4 Å². The van der Waals surface area contributed by atoms with Crippen molar-refractivity contribution in [2.45, 2.75) is 296 Å². The van der Waals surface area contributed by atoms with E-state index in [-0.39, 0.29) is 19.3 Å². The highest BCUT2D eigenvalue weighted by atomic mass is 31.2. The average molecular weight is 1400 g/mol. The van der Waals surface area contributed by atoms with Gasteiger partial charge in [0.2, 0.25) is 0 Å². The molecule has 18 heteroatoms. The number of phosphoric acid groups is 2. The van der Waals surface area contributed by atoms with Crippen molar-refractivity contribution in [3.8, 4) is 0 Å². The van der Waals surface area contributed by atoms with E-state index >= 15 is 0 Å². The first kappa shape index (κ1) is 92.4. The summed E-state index contributed by atoms with van der Waals surface area (Å²) in [7, 11) is -9.80. The van der Waals surface area contributed by atoms with Gasteiger partial charge < -0.3 is 34.2 Å². The lowest BCUT2D eigenvalue weighted by Gasteiger charge is -2.21. The maximum atomic E-state index is 13.0. The first-order valence-electron chi connectivity index (χ1n) is 37.1. The van der Waals surface area contributed by atoms with Crippen LogP contribution in [0, 0.1) is 0 Å². The molecule has 554 valence electrons. The molecule has 0 aliphatic carbocycles. The zero-order valence-corrected chi connectivity index (χ0v) is 62.0. The molecule has 16 nitrogen and oxygen atoms in total. The summed E-state index contributed by atoms with van der Waals surface area (Å²) in [6, 6.07) is 0. The fourth-order valence-electron chi connectivity index (χ4n) is 9.48. The molecule has 0 aromatic heterocycles. The standard InChI is InChI=1S/C79H132O16P2/c1-4-7-10-13-16-19-22-25-28-31-32-33-34-35-36-37-38-39-40-43-45-47-50-53-56-59-62-65-77(82)89-68-74(80)69-91-96(85,86)92-70-75(81)71-93-97(87,88)94-73-76(95-79(84)67-64-61-58-55-52-49-46-42-30-27-24-21-18-15-12-9-6-3)72-90-78(83)66-63-60-57-54-51-48-44-41-29-26-23-20-17-14-11-8-5-2/h7-12,16-21,25-30,32-33,35-36,44,48,74-76,80-81H,4-6,13-15,22-24,31,34,37-43,45-47,49-73H2,1-3H3,(H,85,86)(H,87,88)/b10-7-,11-8-,12-9-,19-16-,20-17-,21-18-,28-25-,29-26-,30-27-,33-32-,36-35-,48-44-. The number of rotatable bonds is 69. The first-order chi connectivity index (χ1) is 47.2. The predicted molar refractivity (Wildman–Crippen MR) is 399 cm³/mol. The lowest BCUT2D eigenvalue weighted by atomic mass is 10.0. The second-order valence-electron chi connectivity index (χ2n) is 24.3. The lowest BCUT2D eigenvalue weighted by molar-refractivity contribution is -0.161. The quantitative estimate of drug-likeness (QED) is 0.0146. The molecule has 0 fully saturated rings. The van der Waals surface area contributed by atoms with Crippen LogP contribution in [0.25, 0.3) is 0 Å². The summed E-state index contributed by atoms with van der Waals surface area (Å²) in [6.45, 7) is 2.29. The van der Waals surface area contributed by atoms with Gasteiger partial charge in [0.15, 0.2) is 6.10 Å². The Bertz CT molecular complexity index is 2350. The van der Waals surface area contributed by atoms with Gasteiger partial charge >= 0.3 is 33.6 Å². The number of aliphatic hydroxyl groups is 2. The number of carbonyl (C=O) groups is 3. The molecule has 0 saturated heterocycles. The molecule has 5 atom stereocenters. The van der Waals surface area contributed by atoms with Crippen molar-refractivity contribution in [2.75, 3.05) is 39.6 Å². The van der Waals surface area contributed by atoms with E-state index in [1.807, 2.05) is 0 Å². The van der Waals surface area contributed by atoms with E-state index in [4.69, 9.17) is 32.3 Å². The van der Waals surface area contributed by atoms with Gasteiger partial charge in [0.25, 0.3) is 0 Å². The smallest absolute Gasteiger partial charge is 0.463 e. The van der Waals surface area contributed by atoms with Crippen molar-refractivity contribution in [1.29, 1.82) is 0 Å². The Kier molecular flexibility index (Phi) is 67.9. The third-order valence-electron chi connectivity index (χ3n) is 15.0. The minimum atomic E-state index is -4.94. The fourth-order valence-corrected chi connectivity index (χ4v) is 11.1. The Labute approximate surface area is 587 Å². The van der Waals surface area contributed by atoms with Gasteiger partial charge in [-0.15, -0.1) is 0 Å². The monoisotopic (exact) mass is 1400 g/mol. The average Bonchev–Trinajstić information content (AvgIpc) is 1.49. The van der Waals surface area contributed by atoms with Crippen LogP contribution in [0.2, 0.25) is 0 Å². The van der Waals surface area contributed by atoms with Crippen molar-refractivity contribution in [2.24, 2.45) is 0 Å². The highest BCUT2D eigenvalue weighted by Gasteiger charge is 2.29. The molecule has 0 aliphatic heterocycles. The number of unbranched alkanes of at least 4 members (excludes halogenated alkanes) is 22. The molecular formula is C79H132O16P2. The number of aliphatic hydroxyl groups excluding tert-OH is 2. The first-order valence-corrected chi connectivity index (χ1v) is 40.1. The number of carbonyl (C=O) groups excluding carboxylic acids is 3. The maximum Gasteiger partial charge on any atom is 0.472 e. The molecule has 0 bridgehead atoms. The number of allylic oxidation sites excluding steroid dienone is 24. The van der Waals surface area contributed by atoms with E-state index in [9.17, 15) is 43.5 Å². The molecule has 0 saturated carbocycles. The zero-order chi connectivity index (χ0) is 70.9. The summed E-state index contributed by atoms with van der Waals surface area (Å²) in [6.07, 6.45) is 86.1. The van der Waals surface area contributed by atoms with Gasteiger partial charge in [-0.1, -0.05) is 269 Å². The third kappa shape index (κ3) is 72.5. The number of esters is 3. The highest BCUT2D eigenvalue weighted by molar-refractivity contribution is 7.47. The summed E-state index contributed by atoms with van der Waals surface area (Å²) >= 11 is 0. The van der Waals surface area contributed by atoms with E-state index in [1.165, 1.54) is 44.9 Å². The van der Waals surface area contributed by atoms with Gasteiger partial charge in [-0.2, -0.15) is 0 Å². The zero-order valence-electron chi connectivity index (χ0n) is 60.2. The molecular weight excluding hydrogens is 1270 g/mol. The van der Waals surface area contributed by atoms with Gasteiger partial charge in [0, 0.05) is 19.3 Å². The lowest BCUT2D eigenvalue weighted by Crippen LogP contribution is -2.30. The van der Waals surface area contributed by atoms with Crippen molar-refractivity contribution in [1.82, 2.24) is 0 Å². The SMILES string of the molecule is CC/C=C\C/C=C\C/C=C\C/C=C\C/C=C\CCCCCCCCCCCCCC(=O)OCC(O)COP(=O)(O)OCC(O)COP(=O)(O)OCC(COC(=O)CCCCCC/C=C\C/C=C\C/C=C\C/C=C\CC)OC(=O)CCCCCCCCC/C=C\C/C=C\C/C=C\CC. The number of hydrogen-bond donors (Lipinski definition) is 4. The van der Waals surface area contributed by atoms with Crippen molar-refractivity contribution >= 4 is 33.6 Å². The van der Waals surface area contributed by atoms with Crippen LogP contribution in [0.1, 0.15) is 278 Å². The third-order valence-corrected chi connectivity index (χ3v) is 16.9. The Morgan fingerprint density at radius 2 is 0.515 bits per heavy atom. The molecule has 97 heavy (non-hydrogen) atoms. The number of ether oxygens (including phenoxy) is 3. The molecule has 0 radical (unpaired) electrons. The summed E-state index contributed by atoms with van der Waals surface area (Å²) < 4.78 is 61.0. The Morgan fingerprint density at radius 3 is 0.814 bits per heavy atom. The fraction of sp³-hybridized carbons (Fsp3) is 0.658. The second-order valence-corrected chi connectivity index (χ2v) is 27.2. The van der Waals surface area contributed by atoms with Crippen molar-refractivity contribution < 1.29 is 75.8 Å². The van der Waals surface area contributed by atoms with E-state index in [2.05, 4.69) is 167 Å².